The highest BCUT2D eigenvalue weighted by Gasteiger charge is 2.10. The molecule has 0 spiro atoms. The number of hydrogen-bond donors (Lipinski definition) is 1. The van der Waals surface area contributed by atoms with Crippen molar-refractivity contribution in [3.8, 4) is 0 Å². The first-order valence-corrected chi connectivity index (χ1v) is 7.29. The summed E-state index contributed by atoms with van der Waals surface area (Å²) >= 11 is 1.78. The van der Waals surface area contributed by atoms with Crippen LogP contribution < -0.4 is 11.2 Å². The molecule has 18 heavy (non-hydrogen) atoms. The monoisotopic (exact) mass is 270 g/mol. The first-order valence-electron chi connectivity index (χ1n) is 5.90. The van der Waals surface area contributed by atoms with Crippen LogP contribution in [-0.4, -0.2) is 27.3 Å². The maximum Gasteiger partial charge on any atom is 0.328 e. The Morgan fingerprint density at radius 1 is 1.33 bits per heavy atom. The highest BCUT2D eigenvalue weighted by molar-refractivity contribution is 7.98. The number of rotatable bonds is 7. The van der Waals surface area contributed by atoms with Crippen molar-refractivity contribution >= 4 is 17.5 Å². The zero-order valence-corrected chi connectivity index (χ0v) is 11.5. The molecule has 0 atom stereocenters. The van der Waals surface area contributed by atoms with Crippen molar-refractivity contribution in [1.82, 2.24) is 9.55 Å². The Morgan fingerprint density at radius 3 is 2.67 bits per heavy atom. The normalized spacial score (nSPS) is 10.6. The number of ketones is 1. The van der Waals surface area contributed by atoms with E-state index in [4.69, 9.17) is 0 Å². The van der Waals surface area contributed by atoms with Gasteiger partial charge in [-0.05, 0) is 31.8 Å². The third kappa shape index (κ3) is 3.87. The number of carbonyl (C=O) groups excluding carboxylic acids is 1. The first-order chi connectivity index (χ1) is 8.57. The topological polar surface area (TPSA) is 71.9 Å². The number of aromatic amines is 1. The average Bonchev–Trinajstić information content (AvgIpc) is 2.32. The molecule has 0 bridgehead atoms. The summed E-state index contributed by atoms with van der Waals surface area (Å²) < 4.78 is 1.11. The lowest BCUT2D eigenvalue weighted by Crippen LogP contribution is -2.37. The molecule has 0 saturated carbocycles. The van der Waals surface area contributed by atoms with E-state index in [0.29, 0.717) is 6.54 Å². The van der Waals surface area contributed by atoms with Crippen LogP contribution in [0.2, 0.25) is 0 Å². The van der Waals surface area contributed by atoms with Crippen LogP contribution in [0.5, 0.6) is 0 Å². The Hall–Kier alpha value is -1.30. The number of thioether (sulfide) groups is 1. The van der Waals surface area contributed by atoms with Crippen LogP contribution in [0, 0.1) is 0 Å². The molecule has 1 rings (SSSR count). The van der Waals surface area contributed by atoms with E-state index in [2.05, 4.69) is 4.98 Å². The minimum absolute atomic E-state index is 0.0405. The number of aromatic nitrogens is 2. The van der Waals surface area contributed by atoms with E-state index in [0.717, 1.165) is 29.6 Å². The van der Waals surface area contributed by atoms with Gasteiger partial charge in [-0.2, -0.15) is 11.8 Å². The average molecular weight is 270 g/mol. The van der Waals surface area contributed by atoms with Gasteiger partial charge in [-0.1, -0.05) is 6.42 Å². The van der Waals surface area contributed by atoms with Gasteiger partial charge in [0.15, 0.2) is 5.78 Å². The van der Waals surface area contributed by atoms with Gasteiger partial charge in [0.2, 0.25) is 0 Å². The molecule has 5 nitrogen and oxygen atoms in total. The third-order valence-corrected chi connectivity index (χ3v) is 3.37. The van der Waals surface area contributed by atoms with E-state index in [-0.39, 0.29) is 11.3 Å². The minimum Gasteiger partial charge on any atom is -0.313 e. The van der Waals surface area contributed by atoms with Crippen molar-refractivity contribution in [2.45, 2.75) is 32.7 Å². The number of nitrogens with one attached hydrogen (secondary N) is 1. The zero-order valence-electron chi connectivity index (χ0n) is 10.7. The minimum atomic E-state index is -0.490. The van der Waals surface area contributed by atoms with Gasteiger partial charge in [0.1, 0.15) is 0 Å². The molecule has 0 aliphatic carbocycles. The second-order valence-electron chi connectivity index (χ2n) is 4.07. The van der Waals surface area contributed by atoms with E-state index < -0.39 is 11.2 Å². The van der Waals surface area contributed by atoms with E-state index in [1.807, 2.05) is 6.26 Å². The third-order valence-electron chi connectivity index (χ3n) is 2.67. The summed E-state index contributed by atoms with van der Waals surface area (Å²) in [5.41, 5.74) is -0.898. The Morgan fingerprint density at radius 2 is 2.06 bits per heavy atom. The molecule has 1 aromatic heterocycles. The van der Waals surface area contributed by atoms with Crippen molar-refractivity contribution in [3.63, 3.8) is 0 Å². The van der Waals surface area contributed by atoms with Crippen LogP contribution in [-0.2, 0) is 6.54 Å². The Kier molecular flexibility index (Phi) is 5.91. The van der Waals surface area contributed by atoms with Gasteiger partial charge in [0, 0.05) is 12.7 Å². The van der Waals surface area contributed by atoms with Crippen molar-refractivity contribution in [2.24, 2.45) is 0 Å². The predicted molar refractivity (Wildman–Crippen MR) is 73.6 cm³/mol. The van der Waals surface area contributed by atoms with Crippen LogP contribution >= 0.6 is 11.8 Å². The molecule has 100 valence electrons. The second-order valence-corrected chi connectivity index (χ2v) is 5.06. The molecule has 1 heterocycles. The van der Waals surface area contributed by atoms with E-state index in [9.17, 15) is 14.4 Å². The number of hydrogen-bond acceptors (Lipinski definition) is 4. The van der Waals surface area contributed by atoms with Gasteiger partial charge in [-0.3, -0.25) is 14.2 Å². The lowest BCUT2D eigenvalue weighted by atomic mass is 10.2. The zero-order chi connectivity index (χ0) is 13.5. The summed E-state index contributed by atoms with van der Waals surface area (Å²) in [6.45, 7) is 1.68. The van der Waals surface area contributed by atoms with Crippen LogP contribution in [0.3, 0.4) is 0 Å². The van der Waals surface area contributed by atoms with Crippen LogP contribution in [0.15, 0.2) is 15.8 Å². The Labute approximate surface area is 110 Å². The summed E-state index contributed by atoms with van der Waals surface area (Å²) in [7, 11) is 0. The lowest BCUT2D eigenvalue weighted by molar-refractivity contribution is 0.101. The molecule has 0 fully saturated rings. The summed E-state index contributed by atoms with van der Waals surface area (Å²) in [5, 5.41) is 0. The number of carbonyl (C=O) groups is 1. The highest BCUT2D eigenvalue weighted by Crippen LogP contribution is 2.02. The highest BCUT2D eigenvalue weighted by atomic mass is 32.2. The van der Waals surface area contributed by atoms with Crippen molar-refractivity contribution in [3.05, 3.63) is 32.6 Å². The van der Waals surface area contributed by atoms with Crippen LogP contribution in [0.1, 0.15) is 36.5 Å². The maximum atomic E-state index is 11.9. The molecule has 0 aliphatic heterocycles. The fourth-order valence-electron chi connectivity index (χ4n) is 1.66. The Bertz CT molecular complexity index is 519. The van der Waals surface area contributed by atoms with Gasteiger partial charge in [-0.25, -0.2) is 4.79 Å². The number of Topliss-reactive ketones (excluding diaryl/α,β-unsaturated/α-hetero) is 1. The molecule has 1 aromatic rings. The van der Waals surface area contributed by atoms with Gasteiger partial charge in [0.05, 0.1) is 5.56 Å². The second kappa shape index (κ2) is 7.20. The fourth-order valence-corrected chi connectivity index (χ4v) is 2.15. The molecule has 6 heteroatoms. The Balaban J connectivity index is 2.76. The molecular weight excluding hydrogens is 252 g/mol. The maximum absolute atomic E-state index is 11.9. The summed E-state index contributed by atoms with van der Waals surface area (Å²) in [4.78, 5) is 37.0. The summed E-state index contributed by atoms with van der Waals surface area (Å²) in [6, 6.07) is 0. The molecule has 0 unspecified atom stereocenters. The van der Waals surface area contributed by atoms with Gasteiger partial charge < -0.3 is 4.98 Å². The van der Waals surface area contributed by atoms with E-state index >= 15 is 0 Å². The van der Waals surface area contributed by atoms with E-state index in [1.165, 1.54) is 13.1 Å². The fraction of sp³-hybridized carbons (Fsp3) is 0.583. The molecule has 0 saturated heterocycles. The number of H-pyrrole nitrogens is 1. The number of nitrogens with zero attached hydrogens (tertiary/aromatic N) is 1. The molecular formula is C12H18N2O3S. The smallest absolute Gasteiger partial charge is 0.313 e. The largest absolute Gasteiger partial charge is 0.328 e. The quantitative estimate of drug-likeness (QED) is 0.598. The molecule has 1 N–H and O–H groups in total. The number of unbranched alkanes of at least 4 members (excludes halogenated alkanes) is 2. The van der Waals surface area contributed by atoms with Crippen LogP contribution in [0.25, 0.3) is 0 Å². The lowest BCUT2D eigenvalue weighted by Gasteiger charge is -2.05. The van der Waals surface area contributed by atoms with Crippen LogP contribution in [0.4, 0.5) is 0 Å². The van der Waals surface area contributed by atoms with Gasteiger partial charge in [-0.15, -0.1) is 0 Å². The predicted octanol–water partition coefficient (Wildman–Crippen LogP) is 1.27. The summed E-state index contributed by atoms with van der Waals surface area (Å²) in [6.07, 6.45) is 6.05. The van der Waals surface area contributed by atoms with Crippen molar-refractivity contribution < 1.29 is 4.79 Å². The molecule has 0 aliphatic rings. The van der Waals surface area contributed by atoms with Crippen molar-refractivity contribution in [2.75, 3.05) is 12.0 Å². The molecule has 0 radical (unpaired) electrons. The standard InChI is InChI=1S/C12H18N2O3S/c1-9(15)10-8-13-12(17)14(11(10)16)6-4-3-5-7-18-2/h8H,3-7H2,1-2H3,(H,13,17). The van der Waals surface area contributed by atoms with Gasteiger partial charge >= 0.3 is 5.69 Å². The van der Waals surface area contributed by atoms with Crippen molar-refractivity contribution in [1.29, 1.82) is 0 Å². The van der Waals surface area contributed by atoms with Gasteiger partial charge in [0.25, 0.3) is 5.56 Å². The van der Waals surface area contributed by atoms with E-state index in [1.54, 1.807) is 11.8 Å². The molecule has 0 amide bonds. The summed E-state index contributed by atoms with van der Waals surface area (Å²) in [5.74, 6) is 0.756. The molecule has 0 aromatic carbocycles. The SMILES string of the molecule is CSCCCCCn1c(=O)[nH]cc(C(C)=O)c1=O. The first kappa shape index (κ1) is 14.8.